The third-order valence-corrected chi connectivity index (χ3v) is 3.50. The molecule has 1 aliphatic rings. The van der Waals surface area contributed by atoms with E-state index in [-0.39, 0.29) is 5.97 Å². The van der Waals surface area contributed by atoms with Gasteiger partial charge >= 0.3 is 5.97 Å². The predicted octanol–water partition coefficient (Wildman–Crippen LogP) is 2.60. The second kappa shape index (κ2) is 5.87. The summed E-state index contributed by atoms with van der Waals surface area (Å²) in [6.07, 6.45) is 1.65. The summed E-state index contributed by atoms with van der Waals surface area (Å²) in [4.78, 5) is 11.9. The van der Waals surface area contributed by atoms with Crippen LogP contribution in [0, 0.1) is 0 Å². The molecule has 108 valence electrons. The molecule has 0 fully saturated rings. The highest BCUT2D eigenvalue weighted by molar-refractivity contribution is 5.90. The van der Waals surface area contributed by atoms with E-state index in [0.29, 0.717) is 24.3 Å². The van der Waals surface area contributed by atoms with Crippen LogP contribution in [-0.2, 0) is 17.6 Å². The van der Waals surface area contributed by atoms with E-state index in [1.807, 2.05) is 12.1 Å². The first kappa shape index (κ1) is 13.5. The molecule has 21 heavy (non-hydrogen) atoms. The summed E-state index contributed by atoms with van der Waals surface area (Å²) in [6.45, 7) is 1.11. The average molecular weight is 283 g/mol. The fourth-order valence-electron chi connectivity index (χ4n) is 2.41. The van der Waals surface area contributed by atoms with Gasteiger partial charge in [-0.25, -0.2) is 4.79 Å². The van der Waals surface area contributed by atoms with Crippen molar-refractivity contribution < 1.29 is 14.3 Å². The maximum absolute atomic E-state index is 11.9. The van der Waals surface area contributed by atoms with Crippen molar-refractivity contribution in [2.45, 2.75) is 12.8 Å². The third kappa shape index (κ3) is 3.16. The van der Waals surface area contributed by atoms with E-state index >= 15 is 0 Å². The highest BCUT2D eigenvalue weighted by atomic mass is 16.5. The Hall–Kier alpha value is -2.49. The monoisotopic (exact) mass is 283 g/mol. The lowest BCUT2D eigenvalue weighted by molar-refractivity contribution is 0.0509. The number of rotatable bonds is 4. The van der Waals surface area contributed by atoms with E-state index in [2.05, 4.69) is 6.07 Å². The van der Waals surface area contributed by atoms with Crippen LogP contribution in [0.3, 0.4) is 0 Å². The van der Waals surface area contributed by atoms with Gasteiger partial charge in [-0.1, -0.05) is 18.2 Å². The van der Waals surface area contributed by atoms with Gasteiger partial charge in [0.25, 0.3) is 0 Å². The Balaban J connectivity index is 1.55. The second-order valence-corrected chi connectivity index (χ2v) is 5.05. The molecule has 0 unspecified atom stereocenters. The van der Waals surface area contributed by atoms with Crippen LogP contribution in [0.15, 0.2) is 42.5 Å². The summed E-state index contributed by atoms with van der Waals surface area (Å²) in [6, 6.07) is 12.9. The van der Waals surface area contributed by atoms with E-state index in [9.17, 15) is 4.79 Å². The Kier molecular flexibility index (Phi) is 3.77. The maximum atomic E-state index is 11.9. The molecule has 0 bridgehead atoms. The molecule has 0 aliphatic carbocycles. The van der Waals surface area contributed by atoms with Crippen LogP contribution in [0.1, 0.15) is 21.5 Å². The number of esters is 1. The molecule has 3 rings (SSSR count). The van der Waals surface area contributed by atoms with Crippen molar-refractivity contribution in [3.05, 3.63) is 59.2 Å². The minimum absolute atomic E-state index is 0.341. The molecular weight excluding hydrogens is 266 g/mol. The van der Waals surface area contributed by atoms with Gasteiger partial charge < -0.3 is 15.2 Å². The molecular formula is C17H17NO3. The topological polar surface area (TPSA) is 61.6 Å². The van der Waals surface area contributed by atoms with Crippen molar-refractivity contribution >= 4 is 11.7 Å². The summed E-state index contributed by atoms with van der Waals surface area (Å²) >= 11 is 0. The van der Waals surface area contributed by atoms with Crippen molar-refractivity contribution in [2.75, 3.05) is 18.9 Å². The Labute approximate surface area is 123 Å². The maximum Gasteiger partial charge on any atom is 0.338 e. The van der Waals surface area contributed by atoms with Crippen LogP contribution in [-0.4, -0.2) is 19.2 Å². The largest absolute Gasteiger partial charge is 0.493 e. The number of ether oxygens (including phenoxy) is 2. The van der Waals surface area contributed by atoms with Crippen molar-refractivity contribution in [3.8, 4) is 5.75 Å². The number of hydrogen-bond donors (Lipinski definition) is 1. The van der Waals surface area contributed by atoms with Gasteiger partial charge in [0.15, 0.2) is 0 Å². The number of benzene rings is 2. The lowest BCUT2D eigenvalue weighted by Gasteiger charge is -2.07. The fraction of sp³-hybridized carbons (Fsp3) is 0.235. The fourth-order valence-corrected chi connectivity index (χ4v) is 2.41. The van der Waals surface area contributed by atoms with Crippen LogP contribution in [0.25, 0.3) is 0 Å². The van der Waals surface area contributed by atoms with Gasteiger partial charge in [0.05, 0.1) is 18.8 Å². The Morgan fingerprint density at radius 1 is 1.24 bits per heavy atom. The first-order chi connectivity index (χ1) is 10.2. The highest BCUT2D eigenvalue weighted by Gasteiger charge is 2.12. The second-order valence-electron chi connectivity index (χ2n) is 5.05. The van der Waals surface area contributed by atoms with E-state index in [1.54, 1.807) is 24.3 Å². The molecule has 4 heteroatoms. The Morgan fingerprint density at radius 3 is 3.00 bits per heavy atom. The average Bonchev–Trinajstić information content (AvgIpc) is 2.94. The van der Waals surface area contributed by atoms with Gasteiger partial charge in [0.1, 0.15) is 5.75 Å². The summed E-state index contributed by atoms with van der Waals surface area (Å²) in [5.41, 5.74) is 9.07. The lowest BCUT2D eigenvalue weighted by Crippen LogP contribution is -2.08. The molecule has 2 aromatic rings. The van der Waals surface area contributed by atoms with Crippen LogP contribution in [0.2, 0.25) is 0 Å². The third-order valence-electron chi connectivity index (χ3n) is 3.50. The number of hydrogen-bond acceptors (Lipinski definition) is 4. The van der Waals surface area contributed by atoms with Crippen LogP contribution in [0.4, 0.5) is 5.69 Å². The molecule has 0 radical (unpaired) electrons. The van der Waals surface area contributed by atoms with Crippen molar-refractivity contribution in [1.82, 2.24) is 0 Å². The lowest BCUT2D eigenvalue weighted by atomic mass is 10.1. The van der Waals surface area contributed by atoms with Gasteiger partial charge in [0, 0.05) is 18.5 Å². The van der Waals surface area contributed by atoms with E-state index < -0.39 is 0 Å². The van der Waals surface area contributed by atoms with Gasteiger partial charge in [-0.3, -0.25) is 0 Å². The molecule has 1 heterocycles. The molecule has 0 atom stereocenters. The van der Waals surface area contributed by atoms with Gasteiger partial charge in [-0.15, -0.1) is 0 Å². The molecule has 2 aromatic carbocycles. The van der Waals surface area contributed by atoms with E-state index in [4.69, 9.17) is 15.2 Å². The standard InChI is InChI=1S/C17H17NO3/c18-15-3-1-2-14(11-15)17(19)21-8-6-12-4-5-16-13(10-12)7-9-20-16/h1-5,10-11H,6-9,18H2. The van der Waals surface area contributed by atoms with Crippen molar-refractivity contribution in [2.24, 2.45) is 0 Å². The predicted molar refractivity (Wildman–Crippen MR) is 80.5 cm³/mol. The summed E-state index contributed by atoms with van der Waals surface area (Å²) < 4.78 is 10.7. The zero-order valence-corrected chi connectivity index (χ0v) is 11.7. The van der Waals surface area contributed by atoms with Crippen molar-refractivity contribution in [1.29, 1.82) is 0 Å². The minimum atomic E-state index is -0.341. The minimum Gasteiger partial charge on any atom is -0.493 e. The Morgan fingerprint density at radius 2 is 2.14 bits per heavy atom. The molecule has 0 spiro atoms. The van der Waals surface area contributed by atoms with Gasteiger partial charge in [0.2, 0.25) is 0 Å². The smallest absolute Gasteiger partial charge is 0.338 e. The molecule has 1 aliphatic heterocycles. The molecule has 0 saturated carbocycles. The number of anilines is 1. The SMILES string of the molecule is Nc1cccc(C(=O)OCCc2ccc3c(c2)CCO3)c1. The van der Waals surface area contributed by atoms with Gasteiger partial charge in [-0.05, 0) is 35.4 Å². The number of nitrogens with two attached hydrogens (primary N) is 1. The zero-order chi connectivity index (χ0) is 14.7. The summed E-state index contributed by atoms with van der Waals surface area (Å²) in [5.74, 6) is 0.627. The highest BCUT2D eigenvalue weighted by Crippen LogP contribution is 2.26. The molecule has 0 saturated heterocycles. The summed E-state index contributed by atoms with van der Waals surface area (Å²) in [5, 5.41) is 0. The van der Waals surface area contributed by atoms with Crippen LogP contribution in [0.5, 0.6) is 5.75 Å². The molecule has 2 N–H and O–H groups in total. The number of nitrogen functional groups attached to an aromatic ring is 1. The van der Waals surface area contributed by atoms with Crippen molar-refractivity contribution in [3.63, 3.8) is 0 Å². The van der Waals surface area contributed by atoms with Crippen LogP contribution < -0.4 is 10.5 Å². The van der Waals surface area contributed by atoms with Gasteiger partial charge in [-0.2, -0.15) is 0 Å². The first-order valence-corrected chi connectivity index (χ1v) is 6.99. The van der Waals surface area contributed by atoms with E-state index in [1.165, 1.54) is 5.56 Å². The number of fused-ring (bicyclic) bond motifs is 1. The quantitative estimate of drug-likeness (QED) is 0.692. The summed E-state index contributed by atoms with van der Waals surface area (Å²) in [7, 11) is 0. The normalized spacial score (nSPS) is 12.6. The number of carbonyl (C=O) groups excluding carboxylic acids is 1. The van der Waals surface area contributed by atoms with E-state index in [0.717, 1.165) is 24.3 Å². The zero-order valence-electron chi connectivity index (χ0n) is 11.7. The molecule has 0 aromatic heterocycles. The Bertz CT molecular complexity index is 667. The number of carbonyl (C=O) groups is 1. The van der Waals surface area contributed by atoms with Crippen LogP contribution >= 0.6 is 0 Å². The molecule has 0 amide bonds. The first-order valence-electron chi connectivity index (χ1n) is 6.99. The molecule has 4 nitrogen and oxygen atoms in total.